The summed E-state index contributed by atoms with van der Waals surface area (Å²) in [4.78, 5) is 30.9. The van der Waals surface area contributed by atoms with Gasteiger partial charge in [0.25, 0.3) is 5.91 Å². The number of H-pyrrole nitrogens is 1. The zero-order valence-electron chi connectivity index (χ0n) is 17.7. The molecule has 1 saturated carbocycles. The number of piperidine rings is 1. The Kier molecular flexibility index (Phi) is 5.49. The van der Waals surface area contributed by atoms with Gasteiger partial charge in [0.15, 0.2) is 11.5 Å². The number of methoxy groups -OCH3 is 1. The first-order valence-electron chi connectivity index (χ1n) is 10.5. The maximum absolute atomic E-state index is 14.2. The highest BCUT2D eigenvalue weighted by molar-refractivity contribution is 6.30. The number of likely N-dealkylation sites (tertiary alicyclic amines) is 1. The average molecular weight is 470 g/mol. The Morgan fingerprint density at radius 3 is 2.79 bits per heavy atom. The van der Waals surface area contributed by atoms with E-state index in [1.165, 1.54) is 19.2 Å². The molecule has 1 saturated heterocycles. The zero-order valence-corrected chi connectivity index (χ0v) is 18.5. The Morgan fingerprint density at radius 2 is 2.06 bits per heavy atom. The third-order valence-corrected chi connectivity index (χ3v) is 6.50. The molecule has 3 aromatic rings. The largest absolute Gasteiger partial charge is 0.481 e. The molecule has 10 heteroatoms. The lowest BCUT2D eigenvalue weighted by Gasteiger charge is -2.18. The summed E-state index contributed by atoms with van der Waals surface area (Å²) in [5.41, 5.74) is 1.72. The van der Waals surface area contributed by atoms with Crippen molar-refractivity contribution in [2.75, 3.05) is 20.2 Å². The van der Waals surface area contributed by atoms with Crippen LogP contribution in [0.1, 0.15) is 16.1 Å². The third-order valence-electron chi connectivity index (χ3n) is 6.27. The quantitative estimate of drug-likeness (QED) is 0.578. The van der Waals surface area contributed by atoms with Crippen molar-refractivity contribution < 1.29 is 18.7 Å². The first kappa shape index (κ1) is 21.4. The molecule has 2 fully saturated rings. The van der Waals surface area contributed by atoms with E-state index in [1.807, 2.05) is 18.2 Å². The number of fused-ring (bicyclic) bond motifs is 1. The van der Waals surface area contributed by atoms with E-state index >= 15 is 0 Å². The second-order valence-corrected chi connectivity index (χ2v) is 8.72. The van der Waals surface area contributed by atoms with Crippen LogP contribution in [-0.4, -0.2) is 52.1 Å². The topological polar surface area (TPSA) is 100 Å². The van der Waals surface area contributed by atoms with E-state index in [-0.39, 0.29) is 46.7 Å². The molecule has 2 amide bonds. The van der Waals surface area contributed by atoms with Crippen molar-refractivity contribution in [2.24, 2.45) is 17.8 Å². The fourth-order valence-electron chi connectivity index (χ4n) is 4.50. The number of nitrogens with one attached hydrogen (secondary N) is 2. The van der Waals surface area contributed by atoms with Crippen LogP contribution in [0.15, 0.2) is 42.6 Å². The van der Waals surface area contributed by atoms with Crippen LogP contribution in [0, 0.1) is 23.6 Å². The summed E-state index contributed by atoms with van der Waals surface area (Å²) < 4.78 is 19.2. The molecule has 2 aliphatic rings. The van der Waals surface area contributed by atoms with Gasteiger partial charge in [-0.2, -0.15) is 5.10 Å². The van der Waals surface area contributed by atoms with Gasteiger partial charge < -0.3 is 15.0 Å². The number of pyridine rings is 1. The molecule has 33 heavy (non-hydrogen) atoms. The minimum atomic E-state index is -0.549. The van der Waals surface area contributed by atoms with Crippen LogP contribution in [0.25, 0.3) is 11.3 Å². The number of ether oxygens (including phenoxy) is 1. The molecule has 3 atom stereocenters. The highest BCUT2D eigenvalue weighted by Gasteiger charge is 2.60. The molecule has 1 unspecified atom stereocenters. The molecule has 1 aliphatic heterocycles. The molecule has 3 heterocycles. The summed E-state index contributed by atoms with van der Waals surface area (Å²) in [6.45, 7) is 1.42. The van der Waals surface area contributed by atoms with Crippen molar-refractivity contribution in [2.45, 2.75) is 6.54 Å². The van der Waals surface area contributed by atoms with Gasteiger partial charge in [0, 0.05) is 42.2 Å². The number of carbonyl (C=O) groups is 2. The number of aromatic nitrogens is 3. The molecule has 1 aliphatic carbocycles. The van der Waals surface area contributed by atoms with E-state index in [0.717, 1.165) is 11.8 Å². The van der Waals surface area contributed by atoms with Gasteiger partial charge >= 0.3 is 0 Å². The molecule has 0 radical (unpaired) electrons. The van der Waals surface area contributed by atoms with Gasteiger partial charge in [0.05, 0.1) is 19.0 Å². The minimum Gasteiger partial charge on any atom is -0.481 e. The van der Waals surface area contributed by atoms with Crippen molar-refractivity contribution in [1.29, 1.82) is 0 Å². The summed E-state index contributed by atoms with van der Waals surface area (Å²) in [5, 5.41) is 10.4. The summed E-state index contributed by atoms with van der Waals surface area (Å²) in [5.74, 6) is -0.324. The van der Waals surface area contributed by atoms with Gasteiger partial charge in [-0.25, -0.2) is 9.37 Å². The first-order chi connectivity index (χ1) is 15.9. The number of benzene rings is 1. The maximum Gasteiger partial charge on any atom is 0.274 e. The van der Waals surface area contributed by atoms with Crippen molar-refractivity contribution >= 4 is 23.4 Å². The Hall–Kier alpha value is -3.46. The zero-order chi connectivity index (χ0) is 23.1. The average Bonchev–Trinajstić information content (AvgIpc) is 3.16. The Morgan fingerprint density at radius 1 is 1.27 bits per heavy atom. The van der Waals surface area contributed by atoms with Gasteiger partial charge in [0.2, 0.25) is 11.8 Å². The Balaban J connectivity index is 1.18. The predicted octanol–water partition coefficient (Wildman–Crippen LogP) is 2.91. The second-order valence-electron chi connectivity index (χ2n) is 8.28. The molecule has 8 nitrogen and oxygen atoms in total. The minimum absolute atomic E-state index is 0.00115. The number of carbonyl (C=O) groups excluding carboxylic acids is 2. The van der Waals surface area contributed by atoms with E-state index in [9.17, 15) is 14.0 Å². The molecule has 1 aromatic carbocycles. The summed E-state index contributed by atoms with van der Waals surface area (Å²) >= 11 is 5.98. The van der Waals surface area contributed by atoms with Gasteiger partial charge in [0.1, 0.15) is 0 Å². The molecular formula is C23H21ClFN5O3. The highest BCUT2D eigenvalue weighted by atomic mass is 35.5. The van der Waals surface area contributed by atoms with Crippen molar-refractivity contribution in [3.05, 3.63) is 64.7 Å². The first-order valence-corrected chi connectivity index (χ1v) is 10.9. The SMILES string of the molecule is COc1cc(-c2cc(C(=O)N3C[C@@H]4C(C(=O)NCc5cccc(Cl)c5)[C@@H]4C3)n[nH]2)c(F)cn1. The number of aromatic amines is 1. The molecule has 2 N–H and O–H groups in total. The highest BCUT2D eigenvalue weighted by Crippen LogP contribution is 2.52. The van der Waals surface area contributed by atoms with Gasteiger partial charge in [-0.15, -0.1) is 0 Å². The lowest BCUT2D eigenvalue weighted by atomic mass is 10.1. The Labute approximate surface area is 194 Å². The van der Waals surface area contributed by atoms with E-state index in [1.54, 1.807) is 11.0 Å². The smallest absolute Gasteiger partial charge is 0.274 e. The number of hydrogen-bond acceptors (Lipinski definition) is 5. The van der Waals surface area contributed by atoms with E-state index in [2.05, 4.69) is 20.5 Å². The van der Waals surface area contributed by atoms with Crippen molar-refractivity contribution in [3.8, 4) is 17.1 Å². The molecule has 170 valence electrons. The number of halogens is 2. The summed E-state index contributed by atoms with van der Waals surface area (Å²) in [7, 11) is 1.44. The number of amides is 2. The van der Waals surface area contributed by atoms with Crippen LogP contribution >= 0.6 is 11.6 Å². The van der Waals surface area contributed by atoms with Crippen LogP contribution in [0.3, 0.4) is 0 Å². The van der Waals surface area contributed by atoms with Crippen LogP contribution in [0.4, 0.5) is 4.39 Å². The fourth-order valence-corrected chi connectivity index (χ4v) is 4.72. The van der Waals surface area contributed by atoms with Gasteiger partial charge in [-0.05, 0) is 35.6 Å². The predicted molar refractivity (Wildman–Crippen MR) is 118 cm³/mol. The lowest BCUT2D eigenvalue weighted by Crippen LogP contribution is -2.35. The van der Waals surface area contributed by atoms with Crippen LogP contribution in [-0.2, 0) is 11.3 Å². The lowest BCUT2D eigenvalue weighted by molar-refractivity contribution is -0.123. The second kappa shape index (κ2) is 8.47. The summed E-state index contributed by atoms with van der Waals surface area (Å²) in [6.07, 6.45) is 1.06. The molecule has 0 spiro atoms. The third kappa shape index (κ3) is 4.16. The molecule has 5 rings (SSSR count). The Bertz CT molecular complexity index is 1220. The normalized spacial score (nSPS) is 20.9. The summed E-state index contributed by atoms with van der Waals surface area (Å²) in [6, 6.07) is 10.3. The van der Waals surface area contributed by atoms with Gasteiger partial charge in [-0.1, -0.05) is 23.7 Å². The molecule has 0 bridgehead atoms. The number of hydrogen-bond donors (Lipinski definition) is 2. The van der Waals surface area contributed by atoms with E-state index < -0.39 is 5.82 Å². The van der Waals surface area contributed by atoms with Crippen molar-refractivity contribution in [3.63, 3.8) is 0 Å². The number of nitrogens with zero attached hydrogens (tertiary/aromatic N) is 3. The van der Waals surface area contributed by atoms with E-state index in [0.29, 0.717) is 30.4 Å². The van der Waals surface area contributed by atoms with Crippen LogP contribution < -0.4 is 10.1 Å². The van der Waals surface area contributed by atoms with Crippen LogP contribution in [0.5, 0.6) is 5.88 Å². The number of rotatable bonds is 6. The maximum atomic E-state index is 14.2. The standard InChI is InChI=1S/C23H21ClFN5O3/c1-33-20-6-14(17(25)9-26-20)18-7-19(29-28-18)23(32)30-10-15-16(11-30)21(15)22(31)27-8-12-3-2-4-13(24)5-12/h2-7,9,15-16,21H,8,10-11H2,1H3,(H,27,31)(H,28,29)/t15-,16+,21?. The van der Waals surface area contributed by atoms with E-state index in [4.69, 9.17) is 16.3 Å². The fraction of sp³-hybridized carbons (Fsp3) is 0.304. The molecular weight excluding hydrogens is 449 g/mol. The van der Waals surface area contributed by atoms with Crippen molar-refractivity contribution in [1.82, 2.24) is 25.4 Å². The van der Waals surface area contributed by atoms with Gasteiger partial charge in [-0.3, -0.25) is 14.7 Å². The van der Waals surface area contributed by atoms with Crippen LogP contribution in [0.2, 0.25) is 5.02 Å². The monoisotopic (exact) mass is 469 g/mol. The molecule has 2 aromatic heterocycles.